The molecule has 3 fully saturated rings. The first kappa shape index (κ1) is 39.9. The summed E-state index contributed by atoms with van der Waals surface area (Å²) in [5, 5.41) is 18.0. The summed E-state index contributed by atoms with van der Waals surface area (Å²) in [5.41, 5.74) is 6.69. The number of ether oxygens (including phenoxy) is 3. The van der Waals surface area contributed by atoms with E-state index < -0.39 is 24.6 Å². The molecule has 4 aliphatic rings. The third kappa shape index (κ3) is 7.15. The SMILES string of the molecule is COC(=O)N[C@H](C(=O)N1[C@@H](C)CC[C@H]1c1ncc(-c2ccc3c(c2)COc2cc4c(ccc5nc([C@@H]6CC[C@H](C)N6C(=O)[C@@H](NC(O)OC)C6CC6)[nH]c54)cc2-3)[nH]1)C(C)C. The molecule has 3 aliphatic heterocycles. The number of alkyl carbamates (subject to hydrolysis) is 1. The van der Waals surface area contributed by atoms with Gasteiger partial charge in [0, 0.05) is 30.1 Å². The van der Waals surface area contributed by atoms with Gasteiger partial charge in [-0.05, 0) is 111 Å². The maximum atomic E-state index is 14.0. The predicted octanol–water partition coefficient (Wildman–Crippen LogP) is 6.44. The van der Waals surface area contributed by atoms with Crippen molar-refractivity contribution in [1.82, 2.24) is 40.4 Å². The van der Waals surface area contributed by atoms with Crippen LogP contribution in [0.25, 0.3) is 44.2 Å². The van der Waals surface area contributed by atoms with Gasteiger partial charge in [0.1, 0.15) is 30.0 Å². The van der Waals surface area contributed by atoms with E-state index in [0.717, 1.165) is 99.9 Å². The van der Waals surface area contributed by atoms with Crippen molar-refractivity contribution >= 4 is 39.7 Å². The zero-order chi connectivity index (χ0) is 42.0. The molecule has 3 aromatic carbocycles. The minimum Gasteiger partial charge on any atom is -0.488 e. The maximum absolute atomic E-state index is 14.0. The van der Waals surface area contributed by atoms with Crippen LogP contribution >= 0.6 is 0 Å². The largest absolute Gasteiger partial charge is 0.488 e. The molecular formula is C45H54N8O7. The number of fused-ring (bicyclic) bond motifs is 6. The van der Waals surface area contributed by atoms with Crippen LogP contribution in [0.3, 0.4) is 0 Å². The van der Waals surface area contributed by atoms with Gasteiger partial charge in [0.15, 0.2) is 0 Å². The number of imidazole rings is 2. The second-order valence-electron chi connectivity index (χ2n) is 17.3. The molecule has 15 nitrogen and oxygen atoms in total. The molecule has 60 heavy (non-hydrogen) atoms. The van der Waals surface area contributed by atoms with E-state index in [9.17, 15) is 19.5 Å². The minimum atomic E-state index is -1.21. The quantitative estimate of drug-likeness (QED) is 0.0929. The number of nitrogens with one attached hydrogen (secondary N) is 4. The molecule has 0 spiro atoms. The lowest BCUT2D eigenvalue weighted by Crippen LogP contribution is -2.53. The van der Waals surface area contributed by atoms with Crippen molar-refractivity contribution < 1.29 is 33.7 Å². The Morgan fingerprint density at radius 2 is 1.62 bits per heavy atom. The molecule has 1 aliphatic carbocycles. The number of carbonyl (C=O) groups is 3. The molecule has 316 valence electrons. The molecule has 0 radical (unpaired) electrons. The Kier molecular flexibility index (Phi) is 10.5. The number of hydrogen-bond acceptors (Lipinski definition) is 10. The van der Waals surface area contributed by atoms with E-state index in [1.807, 2.05) is 42.8 Å². The maximum Gasteiger partial charge on any atom is 0.407 e. The van der Waals surface area contributed by atoms with Crippen LogP contribution in [0.5, 0.6) is 5.75 Å². The number of rotatable bonds is 11. The number of nitrogens with zero attached hydrogens (tertiary/aromatic N) is 4. The van der Waals surface area contributed by atoms with Crippen molar-refractivity contribution in [2.45, 2.75) is 115 Å². The Morgan fingerprint density at radius 1 is 0.883 bits per heavy atom. The van der Waals surface area contributed by atoms with Crippen LogP contribution in [-0.4, -0.2) is 97.6 Å². The lowest BCUT2D eigenvalue weighted by molar-refractivity contribution is -0.145. The lowest BCUT2D eigenvalue weighted by Gasteiger charge is -2.32. The predicted molar refractivity (Wildman–Crippen MR) is 224 cm³/mol. The summed E-state index contributed by atoms with van der Waals surface area (Å²) < 4.78 is 16.3. The molecule has 1 saturated carbocycles. The first-order valence-electron chi connectivity index (χ1n) is 21.2. The van der Waals surface area contributed by atoms with Gasteiger partial charge in [-0.25, -0.2) is 14.8 Å². The number of aliphatic hydroxyl groups excluding tert-OH is 1. The first-order chi connectivity index (χ1) is 28.9. The van der Waals surface area contributed by atoms with Crippen LogP contribution in [0.15, 0.2) is 48.7 Å². The van der Waals surface area contributed by atoms with Crippen molar-refractivity contribution in [3.8, 4) is 28.1 Å². The summed E-state index contributed by atoms with van der Waals surface area (Å²) in [6.45, 7) is 8.32. The molecule has 0 bridgehead atoms. The van der Waals surface area contributed by atoms with Crippen LogP contribution < -0.4 is 15.4 Å². The summed E-state index contributed by atoms with van der Waals surface area (Å²) >= 11 is 0. The molecule has 9 rings (SSSR count). The second-order valence-corrected chi connectivity index (χ2v) is 17.3. The normalized spacial score (nSPS) is 22.7. The van der Waals surface area contributed by atoms with Gasteiger partial charge < -0.3 is 44.4 Å². The zero-order valence-corrected chi connectivity index (χ0v) is 35.0. The number of likely N-dealkylation sites (tertiary alicyclic amines) is 2. The van der Waals surface area contributed by atoms with Crippen molar-refractivity contribution in [2.24, 2.45) is 11.8 Å². The summed E-state index contributed by atoms with van der Waals surface area (Å²) in [5.74, 6) is 2.14. The van der Waals surface area contributed by atoms with E-state index in [4.69, 9.17) is 24.2 Å². The average Bonchev–Trinajstić information content (AvgIpc) is 3.54. The van der Waals surface area contributed by atoms with Gasteiger partial charge in [0.25, 0.3) is 0 Å². The number of carbonyl (C=O) groups excluding carboxylic acids is 3. The number of amides is 3. The summed E-state index contributed by atoms with van der Waals surface area (Å²) in [7, 11) is 2.71. The standard InChI is InChI=1S/C45H54N8O7/c1-22(2)37(50-44(56)58-5)42(54)52-23(3)7-15-34(52)40-46-20-33(48-40)27-11-13-29-28(17-27)21-60-36-19-30-26(18-31(29)36)12-14-32-39(30)49-41(47-32)35-16-8-24(4)53(35)43(55)38(25-9-10-25)51-45(57)59-6/h11-14,17-20,22-25,34-35,37-38,45,51,57H,7-10,15-16,21H2,1-6H3,(H,46,48)(H,47,49)(H,50,56)/t23-,24-,34-,35-,37-,38-,45?/m0/s1. The van der Waals surface area contributed by atoms with Crippen LogP contribution in [-0.2, 0) is 25.7 Å². The highest BCUT2D eigenvalue weighted by molar-refractivity contribution is 6.07. The molecule has 5 aromatic rings. The Labute approximate surface area is 348 Å². The van der Waals surface area contributed by atoms with E-state index in [1.54, 1.807) is 0 Å². The van der Waals surface area contributed by atoms with Crippen molar-refractivity contribution in [3.63, 3.8) is 0 Å². The first-order valence-corrected chi connectivity index (χ1v) is 21.2. The molecule has 7 atom stereocenters. The number of H-pyrrole nitrogens is 2. The van der Waals surface area contributed by atoms with E-state index in [-0.39, 0.29) is 47.8 Å². The fraction of sp³-hybridized carbons (Fsp3) is 0.489. The van der Waals surface area contributed by atoms with Gasteiger partial charge in [0.2, 0.25) is 18.2 Å². The monoisotopic (exact) mass is 818 g/mol. The third-order valence-corrected chi connectivity index (χ3v) is 13.1. The van der Waals surface area contributed by atoms with Gasteiger partial charge in [-0.2, -0.15) is 0 Å². The van der Waals surface area contributed by atoms with E-state index >= 15 is 0 Å². The number of aliphatic hydroxyl groups is 1. The molecule has 5 N–H and O–H groups in total. The smallest absolute Gasteiger partial charge is 0.407 e. The summed E-state index contributed by atoms with van der Waals surface area (Å²) in [6, 6.07) is 13.1. The highest BCUT2D eigenvalue weighted by Gasteiger charge is 2.45. The third-order valence-electron chi connectivity index (χ3n) is 13.1. The van der Waals surface area contributed by atoms with E-state index in [2.05, 4.69) is 63.9 Å². The second kappa shape index (κ2) is 15.8. The summed E-state index contributed by atoms with van der Waals surface area (Å²) in [4.78, 5) is 60.7. The van der Waals surface area contributed by atoms with Crippen LogP contribution in [0.1, 0.15) is 95.5 Å². The number of hydrogen-bond donors (Lipinski definition) is 5. The van der Waals surface area contributed by atoms with Gasteiger partial charge in [0.05, 0.1) is 48.2 Å². The average molecular weight is 819 g/mol. The number of benzene rings is 3. The number of methoxy groups -OCH3 is 2. The van der Waals surface area contributed by atoms with Gasteiger partial charge in [-0.15, -0.1) is 0 Å². The molecule has 15 heteroatoms. The zero-order valence-electron chi connectivity index (χ0n) is 35.0. The Morgan fingerprint density at radius 3 is 2.32 bits per heavy atom. The van der Waals surface area contributed by atoms with Gasteiger partial charge >= 0.3 is 6.09 Å². The topological polar surface area (TPSA) is 187 Å². The van der Waals surface area contributed by atoms with Gasteiger partial charge in [-0.3, -0.25) is 14.9 Å². The van der Waals surface area contributed by atoms with E-state index in [0.29, 0.717) is 12.4 Å². The Bertz CT molecular complexity index is 2460. The van der Waals surface area contributed by atoms with Crippen molar-refractivity contribution in [1.29, 1.82) is 0 Å². The van der Waals surface area contributed by atoms with Crippen molar-refractivity contribution in [3.05, 3.63) is 65.9 Å². The van der Waals surface area contributed by atoms with Gasteiger partial charge in [-0.1, -0.05) is 32.0 Å². The Balaban J connectivity index is 0.964. The number of aromatic nitrogens is 4. The van der Waals surface area contributed by atoms with Crippen LogP contribution in [0.4, 0.5) is 4.79 Å². The van der Waals surface area contributed by atoms with Crippen LogP contribution in [0.2, 0.25) is 0 Å². The highest BCUT2D eigenvalue weighted by Crippen LogP contribution is 2.45. The molecule has 5 heterocycles. The Hall–Kier alpha value is -5.51. The summed E-state index contributed by atoms with van der Waals surface area (Å²) in [6.07, 6.45) is 5.10. The molecule has 1 unspecified atom stereocenters. The van der Waals surface area contributed by atoms with Crippen molar-refractivity contribution in [2.75, 3.05) is 14.2 Å². The molecule has 2 saturated heterocycles. The van der Waals surface area contributed by atoms with Crippen LogP contribution in [0, 0.1) is 11.8 Å². The minimum absolute atomic E-state index is 0.0113. The fourth-order valence-corrected chi connectivity index (χ4v) is 9.62. The fourth-order valence-electron chi connectivity index (χ4n) is 9.62. The highest BCUT2D eigenvalue weighted by atomic mass is 16.6. The number of aromatic amines is 2. The molecule has 2 aromatic heterocycles. The molecular weight excluding hydrogens is 765 g/mol. The van der Waals surface area contributed by atoms with E-state index in [1.165, 1.54) is 14.2 Å². The molecule has 3 amide bonds. The lowest BCUT2D eigenvalue weighted by atomic mass is 9.92.